The third kappa shape index (κ3) is 4.32. The highest BCUT2D eigenvalue weighted by atomic mass is 35.5. The van der Waals surface area contributed by atoms with Gasteiger partial charge in [-0.15, -0.1) is 0 Å². The zero-order valence-corrected chi connectivity index (χ0v) is 20.0. The average molecular weight is 505 g/mol. The number of hydrogen-bond acceptors (Lipinski definition) is 4. The van der Waals surface area contributed by atoms with Crippen LogP contribution in [0.1, 0.15) is 42.3 Å². The number of benzene rings is 3. The molecule has 3 amide bonds. The molecule has 9 heteroatoms. The Morgan fingerprint density at radius 2 is 1.63 bits per heavy atom. The first-order valence-corrected chi connectivity index (χ1v) is 11.4. The van der Waals surface area contributed by atoms with Gasteiger partial charge in [-0.2, -0.15) is 5.10 Å². The molecule has 1 aliphatic heterocycles. The Balaban J connectivity index is 1.34. The minimum atomic E-state index is -0.419. The fourth-order valence-corrected chi connectivity index (χ4v) is 4.41. The fourth-order valence-electron chi connectivity index (χ4n) is 3.94. The molecule has 0 spiro atoms. The van der Waals surface area contributed by atoms with E-state index in [-0.39, 0.29) is 5.56 Å². The van der Waals surface area contributed by atoms with Crippen LogP contribution in [0.5, 0.6) is 0 Å². The van der Waals surface area contributed by atoms with Gasteiger partial charge in [-0.05, 0) is 55.0 Å². The Bertz CT molecular complexity index is 1480. The van der Waals surface area contributed by atoms with E-state index in [0.717, 1.165) is 16.2 Å². The number of amides is 3. The molecule has 7 nitrogen and oxygen atoms in total. The van der Waals surface area contributed by atoms with E-state index >= 15 is 0 Å². The van der Waals surface area contributed by atoms with Gasteiger partial charge in [-0.1, -0.05) is 47.5 Å². The van der Waals surface area contributed by atoms with Crippen molar-refractivity contribution in [2.75, 3.05) is 10.2 Å². The second-order valence-corrected chi connectivity index (χ2v) is 8.90. The van der Waals surface area contributed by atoms with Crippen LogP contribution in [0.25, 0.3) is 0 Å². The number of halogens is 2. The lowest BCUT2D eigenvalue weighted by molar-refractivity contribution is 0.0924. The van der Waals surface area contributed by atoms with Crippen molar-refractivity contribution < 1.29 is 14.4 Å². The van der Waals surface area contributed by atoms with Crippen molar-refractivity contribution in [2.45, 2.75) is 13.5 Å². The SMILES string of the molecule is Cc1cc(NC(=O)c2cccc(N3C(=O)c4ccccc4C3=O)c2)nn1Cc1ccc(Cl)cc1Cl. The van der Waals surface area contributed by atoms with E-state index in [1.807, 2.05) is 13.0 Å². The van der Waals surface area contributed by atoms with E-state index in [0.29, 0.717) is 39.2 Å². The van der Waals surface area contributed by atoms with Gasteiger partial charge >= 0.3 is 0 Å². The molecule has 2 heterocycles. The molecular weight excluding hydrogens is 487 g/mol. The molecule has 5 rings (SSSR count). The summed E-state index contributed by atoms with van der Waals surface area (Å²) in [5.74, 6) is -0.891. The minimum absolute atomic E-state index is 0.284. The van der Waals surface area contributed by atoms with Crippen molar-refractivity contribution in [2.24, 2.45) is 0 Å². The summed E-state index contributed by atoms with van der Waals surface area (Å²) in [6.07, 6.45) is 0. The van der Waals surface area contributed by atoms with Crippen molar-refractivity contribution in [3.63, 3.8) is 0 Å². The molecule has 35 heavy (non-hydrogen) atoms. The monoisotopic (exact) mass is 504 g/mol. The molecular formula is C26H18Cl2N4O3. The van der Waals surface area contributed by atoms with Crippen LogP contribution in [0.2, 0.25) is 10.0 Å². The molecule has 0 saturated heterocycles. The maximum absolute atomic E-state index is 12.9. The zero-order valence-electron chi connectivity index (χ0n) is 18.5. The Hall–Kier alpha value is -3.94. The molecule has 0 aliphatic carbocycles. The highest BCUT2D eigenvalue weighted by molar-refractivity contribution is 6.35. The lowest BCUT2D eigenvalue weighted by Crippen LogP contribution is -2.29. The van der Waals surface area contributed by atoms with Gasteiger partial charge in [0.1, 0.15) is 0 Å². The Kier molecular flexibility index (Phi) is 5.88. The second kappa shape index (κ2) is 9.02. The highest BCUT2D eigenvalue weighted by Gasteiger charge is 2.36. The van der Waals surface area contributed by atoms with Crippen LogP contribution in [-0.2, 0) is 6.54 Å². The third-order valence-electron chi connectivity index (χ3n) is 5.72. The van der Waals surface area contributed by atoms with Gasteiger partial charge in [0.2, 0.25) is 0 Å². The summed E-state index contributed by atoms with van der Waals surface area (Å²) in [5.41, 5.74) is 2.96. The zero-order chi connectivity index (χ0) is 24.7. The van der Waals surface area contributed by atoms with Crippen LogP contribution >= 0.6 is 23.2 Å². The number of rotatable bonds is 5. The summed E-state index contributed by atoms with van der Waals surface area (Å²) in [6, 6.07) is 20.0. The molecule has 174 valence electrons. The van der Waals surface area contributed by atoms with E-state index in [2.05, 4.69) is 10.4 Å². The quantitative estimate of drug-likeness (QED) is 0.358. The summed E-state index contributed by atoms with van der Waals surface area (Å²) < 4.78 is 1.72. The number of aromatic nitrogens is 2. The van der Waals surface area contributed by atoms with Gasteiger partial charge in [0.15, 0.2) is 5.82 Å². The van der Waals surface area contributed by atoms with E-state index in [9.17, 15) is 14.4 Å². The van der Waals surface area contributed by atoms with E-state index in [4.69, 9.17) is 23.2 Å². The van der Waals surface area contributed by atoms with Crippen LogP contribution in [0.15, 0.2) is 72.8 Å². The van der Waals surface area contributed by atoms with Gasteiger partial charge < -0.3 is 5.32 Å². The number of fused-ring (bicyclic) bond motifs is 1. The number of aryl methyl sites for hydroxylation is 1. The normalized spacial score (nSPS) is 12.7. The first-order chi connectivity index (χ1) is 16.8. The van der Waals surface area contributed by atoms with Crippen LogP contribution in [0.4, 0.5) is 11.5 Å². The van der Waals surface area contributed by atoms with E-state index < -0.39 is 17.7 Å². The molecule has 0 fully saturated rings. The number of hydrogen-bond donors (Lipinski definition) is 1. The molecule has 4 aromatic rings. The van der Waals surface area contributed by atoms with Crippen molar-refractivity contribution in [3.8, 4) is 0 Å². The summed E-state index contributed by atoms with van der Waals surface area (Å²) in [6.45, 7) is 2.28. The molecule has 1 N–H and O–H groups in total. The summed E-state index contributed by atoms with van der Waals surface area (Å²) >= 11 is 12.2. The van der Waals surface area contributed by atoms with Crippen molar-refractivity contribution in [1.82, 2.24) is 9.78 Å². The molecule has 1 aliphatic rings. The first-order valence-electron chi connectivity index (χ1n) is 10.7. The third-order valence-corrected chi connectivity index (χ3v) is 6.31. The maximum atomic E-state index is 12.9. The van der Waals surface area contributed by atoms with Crippen LogP contribution in [0.3, 0.4) is 0 Å². The lowest BCUT2D eigenvalue weighted by atomic mass is 10.1. The summed E-state index contributed by atoms with van der Waals surface area (Å²) in [5, 5.41) is 8.31. The number of carbonyl (C=O) groups excluding carboxylic acids is 3. The van der Waals surface area contributed by atoms with Crippen molar-refractivity contribution in [3.05, 3.63) is 111 Å². The van der Waals surface area contributed by atoms with Gasteiger partial charge in [-0.3, -0.25) is 19.1 Å². The Labute approximate surface area is 210 Å². The largest absolute Gasteiger partial charge is 0.305 e. The number of imide groups is 1. The van der Waals surface area contributed by atoms with Gasteiger partial charge in [0.25, 0.3) is 17.7 Å². The summed E-state index contributed by atoms with van der Waals surface area (Å²) in [4.78, 5) is 39.6. The van der Waals surface area contributed by atoms with Crippen LogP contribution in [-0.4, -0.2) is 27.5 Å². The molecule has 3 aromatic carbocycles. The number of nitrogens with one attached hydrogen (secondary N) is 1. The average Bonchev–Trinajstić information content (AvgIpc) is 3.31. The van der Waals surface area contributed by atoms with Gasteiger partial charge in [0, 0.05) is 27.4 Å². The fraction of sp³-hybridized carbons (Fsp3) is 0.0769. The maximum Gasteiger partial charge on any atom is 0.266 e. The molecule has 0 radical (unpaired) electrons. The standard InChI is InChI=1S/C26H18Cl2N4O3/c1-15-11-23(30-31(15)14-17-9-10-18(27)13-22(17)28)29-24(33)16-5-4-6-19(12-16)32-25(34)20-7-2-3-8-21(20)26(32)35/h2-13H,14H2,1H3,(H,29,30,33). The van der Waals surface area contributed by atoms with Crippen molar-refractivity contribution in [1.29, 1.82) is 0 Å². The Morgan fingerprint density at radius 1 is 0.914 bits per heavy atom. The van der Waals surface area contributed by atoms with Gasteiger partial charge in [0.05, 0.1) is 23.4 Å². The number of anilines is 2. The summed E-state index contributed by atoms with van der Waals surface area (Å²) in [7, 11) is 0. The lowest BCUT2D eigenvalue weighted by Gasteiger charge is -2.14. The van der Waals surface area contributed by atoms with E-state index in [1.54, 1.807) is 65.3 Å². The predicted molar refractivity (Wildman–Crippen MR) is 135 cm³/mol. The predicted octanol–water partition coefficient (Wildman–Crippen LogP) is 5.60. The molecule has 0 saturated carbocycles. The molecule has 0 unspecified atom stereocenters. The van der Waals surface area contributed by atoms with Crippen molar-refractivity contribution >= 4 is 52.4 Å². The van der Waals surface area contributed by atoms with Crippen LogP contribution in [0, 0.1) is 6.92 Å². The number of carbonyl (C=O) groups is 3. The second-order valence-electron chi connectivity index (χ2n) is 8.06. The molecule has 0 atom stereocenters. The minimum Gasteiger partial charge on any atom is -0.305 e. The topological polar surface area (TPSA) is 84.3 Å². The Morgan fingerprint density at radius 3 is 2.31 bits per heavy atom. The number of nitrogens with zero attached hydrogens (tertiary/aromatic N) is 3. The molecule has 0 bridgehead atoms. The van der Waals surface area contributed by atoms with Gasteiger partial charge in [-0.25, -0.2) is 4.90 Å². The van der Waals surface area contributed by atoms with Crippen LogP contribution < -0.4 is 10.2 Å². The molecule has 1 aromatic heterocycles. The smallest absolute Gasteiger partial charge is 0.266 e. The highest BCUT2D eigenvalue weighted by Crippen LogP contribution is 2.29. The van der Waals surface area contributed by atoms with E-state index in [1.165, 1.54) is 6.07 Å². The first kappa shape index (κ1) is 22.8.